The Balaban J connectivity index is 2.00. The maximum absolute atomic E-state index is 13.7. The van der Waals surface area contributed by atoms with Gasteiger partial charge in [-0.25, -0.2) is 12.8 Å². The number of fused-ring (bicyclic) bond motifs is 1. The third-order valence-electron chi connectivity index (χ3n) is 3.53. The topological polar surface area (TPSA) is 66.5 Å². The Labute approximate surface area is 110 Å². The second kappa shape index (κ2) is 4.19. The predicted molar refractivity (Wildman–Crippen MR) is 69.4 cm³/mol. The number of sulfone groups is 1. The molecule has 5 nitrogen and oxygen atoms in total. The molecule has 0 spiro atoms. The zero-order valence-corrected chi connectivity index (χ0v) is 10.9. The highest BCUT2D eigenvalue weighted by atomic mass is 32.2. The molecule has 0 aliphatic carbocycles. The molecule has 1 atom stereocenters. The number of amides is 1. The highest BCUT2D eigenvalue weighted by Gasteiger charge is 2.36. The SMILES string of the molecule is O=C1CN(C2CCS(=O)(=O)C2)c2cccc(F)c2N1. The van der Waals surface area contributed by atoms with E-state index in [1.54, 1.807) is 17.0 Å². The molecule has 102 valence electrons. The molecule has 0 saturated carbocycles. The molecular weight excluding hydrogens is 271 g/mol. The minimum absolute atomic E-state index is 0.0240. The van der Waals surface area contributed by atoms with E-state index in [9.17, 15) is 17.6 Å². The maximum atomic E-state index is 13.7. The number of para-hydroxylation sites is 1. The average molecular weight is 284 g/mol. The smallest absolute Gasteiger partial charge is 0.244 e. The number of nitrogens with zero attached hydrogens (tertiary/aromatic N) is 1. The van der Waals surface area contributed by atoms with Crippen molar-refractivity contribution in [3.8, 4) is 0 Å². The fourth-order valence-corrected chi connectivity index (χ4v) is 4.37. The molecule has 2 aliphatic rings. The number of hydrogen-bond donors (Lipinski definition) is 1. The summed E-state index contributed by atoms with van der Waals surface area (Å²) in [5, 5.41) is 2.50. The summed E-state index contributed by atoms with van der Waals surface area (Å²) in [5.74, 6) is -0.672. The normalized spacial score (nSPS) is 25.0. The first-order valence-electron chi connectivity index (χ1n) is 6.02. The van der Waals surface area contributed by atoms with Gasteiger partial charge in [-0.2, -0.15) is 0 Å². The molecule has 1 saturated heterocycles. The summed E-state index contributed by atoms with van der Waals surface area (Å²) in [6, 6.07) is 4.27. The average Bonchev–Trinajstić information content (AvgIpc) is 2.70. The summed E-state index contributed by atoms with van der Waals surface area (Å²) in [7, 11) is -3.04. The quantitative estimate of drug-likeness (QED) is 0.827. The molecule has 1 fully saturated rings. The van der Waals surface area contributed by atoms with Gasteiger partial charge in [-0.05, 0) is 18.6 Å². The minimum Gasteiger partial charge on any atom is -0.356 e. The van der Waals surface area contributed by atoms with Gasteiger partial charge in [0.25, 0.3) is 0 Å². The van der Waals surface area contributed by atoms with Gasteiger partial charge < -0.3 is 10.2 Å². The van der Waals surface area contributed by atoms with E-state index in [1.807, 2.05) is 0 Å². The van der Waals surface area contributed by atoms with E-state index in [0.717, 1.165) is 0 Å². The lowest BCUT2D eigenvalue weighted by Gasteiger charge is -2.35. The molecule has 2 heterocycles. The monoisotopic (exact) mass is 284 g/mol. The number of hydrogen-bond acceptors (Lipinski definition) is 4. The standard InChI is InChI=1S/C12H13FN2O3S/c13-9-2-1-3-10-12(9)14-11(16)6-15(10)8-4-5-19(17,18)7-8/h1-3,8H,4-7H2,(H,14,16). The van der Waals surface area contributed by atoms with Crippen LogP contribution >= 0.6 is 0 Å². The Morgan fingerprint density at radius 2 is 2.16 bits per heavy atom. The van der Waals surface area contributed by atoms with Crippen LogP contribution in [0.15, 0.2) is 18.2 Å². The number of nitrogens with one attached hydrogen (secondary N) is 1. The fraction of sp³-hybridized carbons (Fsp3) is 0.417. The van der Waals surface area contributed by atoms with E-state index in [4.69, 9.17) is 0 Å². The minimum atomic E-state index is -3.04. The van der Waals surface area contributed by atoms with Crippen LogP contribution in [0.25, 0.3) is 0 Å². The first-order valence-corrected chi connectivity index (χ1v) is 7.84. The van der Waals surface area contributed by atoms with E-state index in [-0.39, 0.29) is 35.7 Å². The van der Waals surface area contributed by atoms with Gasteiger partial charge in [-0.1, -0.05) is 6.07 Å². The van der Waals surface area contributed by atoms with Crippen molar-refractivity contribution in [1.29, 1.82) is 0 Å². The predicted octanol–water partition coefficient (Wildman–Crippen LogP) is 0.771. The number of carbonyl (C=O) groups excluding carboxylic acids is 1. The molecule has 1 N–H and O–H groups in total. The van der Waals surface area contributed by atoms with Gasteiger partial charge in [0.05, 0.1) is 23.7 Å². The third kappa shape index (κ3) is 2.18. The zero-order valence-electron chi connectivity index (χ0n) is 10.1. The van der Waals surface area contributed by atoms with Gasteiger partial charge in [0.15, 0.2) is 9.84 Å². The lowest BCUT2D eigenvalue weighted by atomic mass is 10.1. The van der Waals surface area contributed by atoms with Crippen molar-refractivity contribution in [2.24, 2.45) is 0 Å². The van der Waals surface area contributed by atoms with E-state index in [1.165, 1.54) is 6.07 Å². The van der Waals surface area contributed by atoms with Crippen molar-refractivity contribution < 1.29 is 17.6 Å². The van der Waals surface area contributed by atoms with E-state index in [0.29, 0.717) is 12.1 Å². The molecule has 2 aliphatic heterocycles. The van der Waals surface area contributed by atoms with Gasteiger partial charge in [-0.15, -0.1) is 0 Å². The largest absolute Gasteiger partial charge is 0.356 e. The maximum Gasteiger partial charge on any atom is 0.244 e. The van der Waals surface area contributed by atoms with E-state index >= 15 is 0 Å². The van der Waals surface area contributed by atoms with Crippen molar-refractivity contribution >= 4 is 27.1 Å². The molecular formula is C12H13FN2O3S. The number of carbonyl (C=O) groups is 1. The van der Waals surface area contributed by atoms with Crippen LogP contribution in [0.5, 0.6) is 0 Å². The summed E-state index contributed by atoms with van der Waals surface area (Å²) < 4.78 is 36.8. The van der Waals surface area contributed by atoms with Crippen LogP contribution in [0.4, 0.5) is 15.8 Å². The Morgan fingerprint density at radius 3 is 2.84 bits per heavy atom. The van der Waals surface area contributed by atoms with Gasteiger partial charge in [0, 0.05) is 6.04 Å². The van der Waals surface area contributed by atoms with Crippen LogP contribution in [-0.4, -0.2) is 38.4 Å². The highest BCUT2D eigenvalue weighted by Crippen LogP contribution is 2.35. The molecule has 3 rings (SSSR count). The molecule has 0 bridgehead atoms. The van der Waals surface area contributed by atoms with E-state index < -0.39 is 15.7 Å². The summed E-state index contributed by atoms with van der Waals surface area (Å²) >= 11 is 0. The van der Waals surface area contributed by atoms with Crippen LogP contribution in [0.3, 0.4) is 0 Å². The first-order chi connectivity index (χ1) is 8.96. The molecule has 1 aromatic rings. The number of rotatable bonds is 1. The third-order valence-corrected chi connectivity index (χ3v) is 5.28. The summed E-state index contributed by atoms with van der Waals surface area (Å²) in [4.78, 5) is 13.3. The molecule has 0 radical (unpaired) electrons. The van der Waals surface area contributed by atoms with Crippen molar-refractivity contribution in [2.45, 2.75) is 12.5 Å². The lowest BCUT2D eigenvalue weighted by molar-refractivity contribution is -0.115. The first kappa shape index (κ1) is 12.4. The molecule has 1 aromatic carbocycles. The molecule has 0 aromatic heterocycles. The second-order valence-corrected chi connectivity index (χ2v) is 7.10. The Bertz CT molecular complexity index is 644. The number of benzene rings is 1. The lowest BCUT2D eigenvalue weighted by Crippen LogP contribution is -2.45. The van der Waals surface area contributed by atoms with Gasteiger partial charge in [0.1, 0.15) is 11.5 Å². The Kier molecular flexibility index (Phi) is 2.74. The molecule has 7 heteroatoms. The summed E-state index contributed by atoms with van der Waals surface area (Å²) in [6.07, 6.45) is 0.478. The van der Waals surface area contributed by atoms with Crippen molar-refractivity contribution in [3.05, 3.63) is 24.0 Å². The second-order valence-electron chi connectivity index (χ2n) is 4.87. The van der Waals surface area contributed by atoms with Crippen LogP contribution in [0.2, 0.25) is 0 Å². The van der Waals surface area contributed by atoms with Gasteiger partial charge in [-0.3, -0.25) is 4.79 Å². The molecule has 1 amide bonds. The fourth-order valence-electron chi connectivity index (χ4n) is 2.64. The molecule has 1 unspecified atom stereocenters. The molecule has 19 heavy (non-hydrogen) atoms. The highest BCUT2D eigenvalue weighted by molar-refractivity contribution is 7.91. The zero-order chi connectivity index (χ0) is 13.6. The Hall–Kier alpha value is -1.63. The number of halogens is 1. The van der Waals surface area contributed by atoms with Gasteiger partial charge >= 0.3 is 0 Å². The van der Waals surface area contributed by atoms with Crippen LogP contribution < -0.4 is 10.2 Å². The van der Waals surface area contributed by atoms with E-state index in [2.05, 4.69) is 5.32 Å². The summed E-state index contributed by atoms with van der Waals surface area (Å²) in [5.41, 5.74) is 0.699. The Morgan fingerprint density at radius 1 is 1.37 bits per heavy atom. The van der Waals surface area contributed by atoms with Crippen molar-refractivity contribution in [1.82, 2.24) is 0 Å². The van der Waals surface area contributed by atoms with Crippen molar-refractivity contribution in [3.63, 3.8) is 0 Å². The van der Waals surface area contributed by atoms with Crippen molar-refractivity contribution in [2.75, 3.05) is 28.3 Å². The van der Waals surface area contributed by atoms with Crippen LogP contribution in [0, 0.1) is 5.82 Å². The van der Waals surface area contributed by atoms with Crippen LogP contribution in [-0.2, 0) is 14.6 Å². The number of anilines is 2. The summed E-state index contributed by atoms with van der Waals surface area (Å²) in [6.45, 7) is 0.0661. The van der Waals surface area contributed by atoms with Gasteiger partial charge in [0.2, 0.25) is 5.91 Å². The van der Waals surface area contributed by atoms with Crippen LogP contribution in [0.1, 0.15) is 6.42 Å².